The molecular formula is C18H25NOS2. The van der Waals surface area contributed by atoms with Crippen LogP contribution in [0.15, 0.2) is 52.3 Å². The van der Waals surface area contributed by atoms with Crippen LogP contribution in [0.4, 0.5) is 0 Å². The van der Waals surface area contributed by atoms with Gasteiger partial charge >= 0.3 is 0 Å². The van der Waals surface area contributed by atoms with Crippen LogP contribution in [0.1, 0.15) is 46.6 Å². The molecule has 0 aliphatic rings. The molecule has 0 aliphatic heterocycles. The molecule has 2 nitrogen and oxygen atoms in total. The first-order valence-electron chi connectivity index (χ1n) is 7.35. The standard InChI is InChI=1S/C18H25NOS2/c1-7-11-17(16-12-9-8-10-13-16)21-15(3)14(2)19-22(20)18(4,5)6/h8-13H,3,7H2,1-2,4-6H3/b17-11-,19-14+. The van der Waals surface area contributed by atoms with Crippen molar-refractivity contribution in [3.8, 4) is 0 Å². The van der Waals surface area contributed by atoms with Crippen molar-refractivity contribution >= 4 is 33.4 Å². The van der Waals surface area contributed by atoms with Crippen molar-refractivity contribution in [2.24, 2.45) is 4.40 Å². The Morgan fingerprint density at radius 2 is 1.91 bits per heavy atom. The molecule has 0 bridgehead atoms. The molecule has 0 N–H and O–H groups in total. The minimum absolute atomic E-state index is 0.353. The molecule has 0 amide bonds. The molecule has 1 unspecified atom stereocenters. The van der Waals surface area contributed by atoms with Crippen LogP contribution in [0.5, 0.6) is 0 Å². The summed E-state index contributed by atoms with van der Waals surface area (Å²) in [5.41, 5.74) is 1.90. The third-order valence-electron chi connectivity index (χ3n) is 2.83. The Balaban J connectivity index is 2.92. The summed E-state index contributed by atoms with van der Waals surface area (Å²) < 4.78 is 16.1. The third kappa shape index (κ3) is 5.93. The average Bonchev–Trinajstić information content (AvgIpc) is 2.46. The Labute approximate surface area is 141 Å². The Hall–Kier alpha value is -1.13. The van der Waals surface area contributed by atoms with Crippen molar-refractivity contribution in [1.29, 1.82) is 0 Å². The van der Waals surface area contributed by atoms with E-state index in [0.717, 1.165) is 21.9 Å². The molecule has 22 heavy (non-hydrogen) atoms. The number of nitrogens with zero attached hydrogens (tertiary/aromatic N) is 1. The molecule has 0 fully saturated rings. The molecule has 0 saturated carbocycles. The van der Waals surface area contributed by atoms with Crippen molar-refractivity contribution in [3.63, 3.8) is 0 Å². The molecule has 0 heterocycles. The number of rotatable bonds is 6. The fourth-order valence-corrected chi connectivity index (χ4v) is 3.18. The van der Waals surface area contributed by atoms with Crippen LogP contribution in [0.25, 0.3) is 4.91 Å². The van der Waals surface area contributed by atoms with Gasteiger partial charge in [-0.05, 0) is 39.7 Å². The highest BCUT2D eigenvalue weighted by Crippen LogP contribution is 2.34. The van der Waals surface area contributed by atoms with Crippen LogP contribution in [0.2, 0.25) is 0 Å². The van der Waals surface area contributed by atoms with Gasteiger partial charge in [0, 0.05) is 9.81 Å². The highest BCUT2D eigenvalue weighted by molar-refractivity contribution is 8.12. The zero-order valence-corrected chi connectivity index (χ0v) is 15.7. The minimum Gasteiger partial charge on any atom is -0.234 e. The molecule has 120 valence electrons. The maximum absolute atomic E-state index is 12.1. The van der Waals surface area contributed by atoms with Crippen LogP contribution in [-0.4, -0.2) is 14.7 Å². The molecule has 1 aromatic carbocycles. The molecule has 1 atom stereocenters. The first-order chi connectivity index (χ1) is 10.3. The fraction of sp³-hybridized carbons (Fsp3) is 0.389. The van der Waals surface area contributed by atoms with Crippen LogP contribution < -0.4 is 0 Å². The lowest BCUT2D eigenvalue weighted by Crippen LogP contribution is -2.20. The Kier molecular flexibility index (Phi) is 7.30. The van der Waals surface area contributed by atoms with Crippen LogP contribution in [0.3, 0.4) is 0 Å². The monoisotopic (exact) mass is 335 g/mol. The lowest BCUT2D eigenvalue weighted by molar-refractivity contribution is 0.650. The van der Waals surface area contributed by atoms with E-state index in [2.05, 4.69) is 36.1 Å². The van der Waals surface area contributed by atoms with E-state index in [4.69, 9.17) is 0 Å². The maximum atomic E-state index is 12.1. The first-order valence-corrected chi connectivity index (χ1v) is 9.28. The third-order valence-corrected chi connectivity index (χ3v) is 5.48. The summed E-state index contributed by atoms with van der Waals surface area (Å²) in [4.78, 5) is 1.99. The van der Waals surface area contributed by atoms with Gasteiger partial charge in [0.25, 0.3) is 0 Å². The van der Waals surface area contributed by atoms with E-state index in [1.807, 2.05) is 45.9 Å². The highest BCUT2D eigenvalue weighted by atomic mass is 32.2. The van der Waals surface area contributed by atoms with Gasteiger partial charge in [-0.3, -0.25) is 0 Å². The smallest absolute Gasteiger partial charge is 0.145 e. The normalized spacial score (nSPS) is 14.8. The van der Waals surface area contributed by atoms with Gasteiger partial charge in [-0.1, -0.05) is 61.7 Å². The first kappa shape index (κ1) is 18.9. The summed E-state index contributed by atoms with van der Waals surface area (Å²) in [6, 6.07) is 10.2. The summed E-state index contributed by atoms with van der Waals surface area (Å²) in [5, 5.41) is 0. The summed E-state index contributed by atoms with van der Waals surface area (Å²) >= 11 is 1.58. The summed E-state index contributed by atoms with van der Waals surface area (Å²) in [7, 11) is -1.26. The van der Waals surface area contributed by atoms with Gasteiger partial charge in [0.1, 0.15) is 11.0 Å². The van der Waals surface area contributed by atoms with E-state index in [1.165, 1.54) is 5.56 Å². The molecule has 1 rings (SSSR count). The van der Waals surface area contributed by atoms with Crippen molar-refractivity contribution in [2.45, 2.75) is 45.8 Å². The van der Waals surface area contributed by atoms with Gasteiger partial charge in [-0.2, -0.15) is 4.40 Å². The zero-order valence-electron chi connectivity index (χ0n) is 14.1. The van der Waals surface area contributed by atoms with Gasteiger partial charge in [-0.15, -0.1) is 0 Å². The zero-order chi connectivity index (χ0) is 16.8. The van der Waals surface area contributed by atoms with Crippen LogP contribution >= 0.6 is 11.8 Å². The Bertz CT molecular complexity index is 595. The van der Waals surface area contributed by atoms with Gasteiger partial charge < -0.3 is 0 Å². The van der Waals surface area contributed by atoms with Gasteiger partial charge in [0.15, 0.2) is 0 Å². The predicted octanol–water partition coefficient (Wildman–Crippen LogP) is 5.61. The van der Waals surface area contributed by atoms with E-state index in [9.17, 15) is 4.21 Å². The number of hydrogen-bond donors (Lipinski definition) is 0. The molecule has 0 saturated heterocycles. The Morgan fingerprint density at radius 3 is 2.41 bits per heavy atom. The highest BCUT2D eigenvalue weighted by Gasteiger charge is 2.19. The predicted molar refractivity (Wildman–Crippen MR) is 102 cm³/mol. The quantitative estimate of drug-likeness (QED) is 0.633. The minimum atomic E-state index is -1.26. The lowest BCUT2D eigenvalue weighted by atomic mass is 10.2. The topological polar surface area (TPSA) is 29.4 Å². The van der Waals surface area contributed by atoms with Crippen molar-refractivity contribution in [3.05, 3.63) is 53.5 Å². The number of hydrogen-bond acceptors (Lipinski definition) is 2. The second kappa shape index (κ2) is 8.49. The fourth-order valence-electron chi connectivity index (χ4n) is 1.53. The number of benzene rings is 1. The average molecular weight is 336 g/mol. The SMILES string of the molecule is C=C(S/C(=C\CC)c1ccccc1)/C(C)=N/S(=O)C(C)(C)C. The molecule has 1 aromatic rings. The molecule has 0 radical (unpaired) electrons. The van der Waals surface area contributed by atoms with E-state index in [1.54, 1.807) is 11.8 Å². The van der Waals surface area contributed by atoms with E-state index in [0.29, 0.717) is 0 Å². The Morgan fingerprint density at radius 1 is 1.32 bits per heavy atom. The van der Waals surface area contributed by atoms with E-state index in [-0.39, 0.29) is 4.75 Å². The molecule has 4 heteroatoms. The van der Waals surface area contributed by atoms with E-state index < -0.39 is 11.0 Å². The van der Waals surface area contributed by atoms with Gasteiger partial charge in [-0.25, -0.2) is 4.21 Å². The van der Waals surface area contributed by atoms with Gasteiger partial charge in [0.05, 0.1) is 10.5 Å². The molecule has 0 aromatic heterocycles. The molecule has 0 aliphatic carbocycles. The van der Waals surface area contributed by atoms with Gasteiger partial charge in [0.2, 0.25) is 0 Å². The van der Waals surface area contributed by atoms with Crippen LogP contribution in [-0.2, 0) is 11.0 Å². The van der Waals surface area contributed by atoms with Crippen molar-refractivity contribution in [2.75, 3.05) is 0 Å². The van der Waals surface area contributed by atoms with Crippen molar-refractivity contribution in [1.82, 2.24) is 0 Å². The van der Waals surface area contributed by atoms with E-state index >= 15 is 0 Å². The summed E-state index contributed by atoms with van der Waals surface area (Å²) in [6.45, 7) is 13.8. The summed E-state index contributed by atoms with van der Waals surface area (Å²) in [6.07, 6.45) is 3.13. The second-order valence-corrected chi connectivity index (χ2v) is 8.95. The lowest BCUT2D eigenvalue weighted by Gasteiger charge is -2.15. The second-order valence-electron chi connectivity index (χ2n) is 5.91. The molecular weight excluding hydrogens is 310 g/mol. The van der Waals surface area contributed by atoms with Crippen molar-refractivity contribution < 1.29 is 4.21 Å². The van der Waals surface area contributed by atoms with Crippen LogP contribution in [0, 0.1) is 0 Å². The number of thioether (sulfide) groups is 1. The summed E-state index contributed by atoms with van der Waals surface area (Å²) in [5.74, 6) is 0. The maximum Gasteiger partial charge on any atom is 0.145 e. The molecule has 0 spiro atoms. The number of allylic oxidation sites excluding steroid dienone is 2. The largest absolute Gasteiger partial charge is 0.234 e.